The van der Waals surface area contributed by atoms with Gasteiger partial charge in [-0.2, -0.15) is 0 Å². The summed E-state index contributed by atoms with van der Waals surface area (Å²) in [7, 11) is 0. The fraction of sp³-hybridized carbons (Fsp3) is 0.154. The van der Waals surface area contributed by atoms with Crippen LogP contribution in [0.4, 0.5) is 11.4 Å². The average molecular weight is 481 g/mol. The molecule has 0 spiro atoms. The second-order valence-electron chi connectivity index (χ2n) is 8.22. The van der Waals surface area contributed by atoms with Gasteiger partial charge in [-0.15, -0.1) is 0 Å². The molecule has 0 aromatic heterocycles. The molecular weight excluding hydrogens is 459 g/mol. The summed E-state index contributed by atoms with van der Waals surface area (Å²) in [5.74, 6) is -1.62. The zero-order valence-corrected chi connectivity index (χ0v) is 19.6. The van der Waals surface area contributed by atoms with E-state index in [4.69, 9.17) is 28.9 Å². The number of hydrogen-bond donors (Lipinski definition) is 2. The van der Waals surface area contributed by atoms with Crippen molar-refractivity contribution in [3.8, 4) is 0 Å². The van der Waals surface area contributed by atoms with Gasteiger partial charge in [-0.05, 0) is 53.4 Å². The molecule has 1 aliphatic rings. The van der Waals surface area contributed by atoms with E-state index < -0.39 is 17.7 Å². The molecule has 1 fully saturated rings. The van der Waals surface area contributed by atoms with Gasteiger partial charge in [-0.25, -0.2) is 0 Å². The molecular formula is C26H22Cl2N2O3. The SMILES string of the molecule is CC(C)c1cccc(N2C(=O)C(=O)C(=C(O)c3cccc(N)c3)C2c2ccc(Cl)c(Cl)c2)c1. The first-order chi connectivity index (χ1) is 15.7. The fourth-order valence-corrected chi connectivity index (χ4v) is 4.28. The molecule has 0 aliphatic carbocycles. The Morgan fingerprint density at radius 2 is 1.70 bits per heavy atom. The number of halogens is 2. The highest BCUT2D eigenvalue weighted by molar-refractivity contribution is 6.51. The lowest BCUT2D eigenvalue weighted by molar-refractivity contribution is -0.132. The number of aliphatic hydroxyl groups excluding tert-OH is 1. The van der Waals surface area contributed by atoms with Crippen LogP contribution in [0.2, 0.25) is 10.0 Å². The van der Waals surface area contributed by atoms with Crippen molar-refractivity contribution in [3.63, 3.8) is 0 Å². The molecule has 1 aliphatic heterocycles. The van der Waals surface area contributed by atoms with Crippen LogP contribution in [0.25, 0.3) is 5.76 Å². The van der Waals surface area contributed by atoms with Crippen LogP contribution in [-0.4, -0.2) is 16.8 Å². The van der Waals surface area contributed by atoms with E-state index in [2.05, 4.69) is 0 Å². The van der Waals surface area contributed by atoms with Crippen LogP contribution in [0.5, 0.6) is 0 Å². The van der Waals surface area contributed by atoms with Crippen LogP contribution in [0.3, 0.4) is 0 Å². The number of nitrogens with zero attached hydrogens (tertiary/aromatic N) is 1. The molecule has 1 amide bonds. The van der Waals surface area contributed by atoms with E-state index in [-0.39, 0.29) is 22.3 Å². The third kappa shape index (κ3) is 4.22. The Balaban J connectivity index is 1.97. The van der Waals surface area contributed by atoms with E-state index in [0.717, 1.165) is 5.56 Å². The maximum absolute atomic E-state index is 13.3. The number of benzene rings is 3. The minimum absolute atomic E-state index is 0.0426. The smallest absolute Gasteiger partial charge is 0.300 e. The molecule has 7 heteroatoms. The lowest BCUT2D eigenvalue weighted by Gasteiger charge is -2.26. The number of nitrogens with two attached hydrogens (primary N) is 1. The molecule has 1 saturated heterocycles. The van der Waals surface area contributed by atoms with Crippen LogP contribution in [-0.2, 0) is 9.59 Å². The van der Waals surface area contributed by atoms with E-state index in [1.165, 1.54) is 4.90 Å². The lowest BCUT2D eigenvalue weighted by Crippen LogP contribution is -2.29. The summed E-state index contributed by atoms with van der Waals surface area (Å²) in [6, 6.07) is 18.0. The highest BCUT2D eigenvalue weighted by Gasteiger charge is 2.47. The average Bonchev–Trinajstić information content (AvgIpc) is 3.06. The van der Waals surface area contributed by atoms with Crippen molar-refractivity contribution in [2.75, 3.05) is 10.6 Å². The van der Waals surface area contributed by atoms with Crippen molar-refractivity contribution in [1.82, 2.24) is 0 Å². The Hall–Kier alpha value is -3.28. The molecule has 33 heavy (non-hydrogen) atoms. The van der Waals surface area contributed by atoms with Crippen LogP contribution in [0.15, 0.2) is 72.3 Å². The van der Waals surface area contributed by atoms with Crippen molar-refractivity contribution in [3.05, 3.63) is 99.0 Å². The molecule has 0 bridgehead atoms. The molecule has 5 nitrogen and oxygen atoms in total. The quantitative estimate of drug-likeness (QED) is 0.198. The molecule has 4 rings (SSSR count). The number of nitrogen functional groups attached to an aromatic ring is 1. The molecule has 1 unspecified atom stereocenters. The van der Waals surface area contributed by atoms with Crippen molar-refractivity contribution in [1.29, 1.82) is 0 Å². The number of carbonyl (C=O) groups is 2. The molecule has 3 aromatic carbocycles. The molecule has 1 atom stereocenters. The minimum atomic E-state index is -0.899. The van der Waals surface area contributed by atoms with E-state index >= 15 is 0 Å². The first kappa shape index (κ1) is 22.9. The Labute approximate surface area is 202 Å². The van der Waals surface area contributed by atoms with Crippen molar-refractivity contribution in [2.45, 2.75) is 25.8 Å². The van der Waals surface area contributed by atoms with Crippen molar-refractivity contribution >= 4 is 52.0 Å². The zero-order valence-electron chi connectivity index (χ0n) is 18.0. The molecule has 1 heterocycles. The number of anilines is 2. The number of ketones is 1. The number of Topliss-reactive ketones (excluding diaryl/α,β-unsaturated/α-hetero) is 1. The van der Waals surface area contributed by atoms with E-state index in [1.807, 2.05) is 32.0 Å². The van der Waals surface area contributed by atoms with Gasteiger partial charge in [-0.3, -0.25) is 14.5 Å². The largest absolute Gasteiger partial charge is 0.507 e. The summed E-state index contributed by atoms with van der Waals surface area (Å²) in [6.07, 6.45) is 0. The summed E-state index contributed by atoms with van der Waals surface area (Å²) in [5.41, 5.74) is 8.70. The van der Waals surface area contributed by atoms with Gasteiger partial charge in [-0.1, -0.05) is 67.4 Å². The fourth-order valence-electron chi connectivity index (χ4n) is 3.97. The first-order valence-corrected chi connectivity index (χ1v) is 11.2. The second kappa shape index (κ2) is 8.93. The molecule has 0 radical (unpaired) electrons. The standard InChI is InChI=1S/C26H22Cl2N2O3/c1-14(2)15-5-4-8-19(12-15)30-23(16-9-10-20(27)21(28)13-16)22(25(32)26(30)33)24(31)17-6-3-7-18(29)11-17/h3-14,23,31H,29H2,1-2H3. The van der Waals surface area contributed by atoms with Gasteiger partial charge in [0.25, 0.3) is 11.7 Å². The topological polar surface area (TPSA) is 83.6 Å². The molecule has 3 aromatic rings. The van der Waals surface area contributed by atoms with Crippen molar-refractivity contribution < 1.29 is 14.7 Å². The Morgan fingerprint density at radius 3 is 2.36 bits per heavy atom. The highest BCUT2D eigenvalue weighted by Crippen LogP contribution is 2.43. The summed E-state index contributed by atoms with van der Waals surface area (Å²) >= 11 is 12.4. The third-order valence-corrected chi connectivity index (χ3v) is 6.42. The van der Waals surface area contributed by atoms with Gasteiger partial charge in [0.2, 0.25) is 0 Å². The monoisotopic (exact) mass is 480 g/mol. The van der Waals surface area contributed by atoms with Gasteiger partial charge in [0.15, 0.2) is 0 Å². The molecule has 168 valence electrons. The summed E-state index contributed by atoms with van der Waals surface area (Å²) in [4.78, 5) is 27.9. The summed E-state index contributed by atoms with van der Waals surface area (Å²) in [5, 5.41) is 11.8. The van der Waals surface area contributed by atoms with Crippen LogP contribution >= 0.6 is 23.2 Å². The van der Waals surface area contributed by atoms with E-state index in [9.17, 15) is 14.7 Å². The first-order valence-electron chi connectivity index (χ1n) is 10.4. The Bertz CT molecular complexity index is 1300. The van der Waals surface area contributed by atoms with E-state index in [0.29, 0.717) is 27.5 Å². The Kier molecular flexibility index (Phi) is 6.19. The van der Waals surface area contributed by atoms with Gasteiger partial charge in [0.05, 0.1) is 21.7 Å². The van der Waals surface area contributed by atoms with Crippen LogP contribution in [0, 0.1) is 0 Å². The van der Waals surface area contributed by atoms with Gasteiger partial charge in [0.1, 0.15) is 5.76 Å². The normalized spacial score (nSPS) is 17.7. The third-order valence-electron chi connectivity index (χ3n) is 5.68. The molecule has 3 N–H and O–H groups in total. The predicted molar refractivity (Wildman–Crippen MR) is 133 cm³/mol. The van der Waals surface area contributed by atoms with Crippen LogP contribution < -0.4 is 10.6 Å². The number of amides is 1. The summed E-state index contributed by atoms with van der Waals surface area (Å²) < 4.78 is 0. The highest BCUT2D eigenvalue weighted by atomic mass is 35.5. The molecule has 0 saturated carbocycles. The maximum Gasteiger partial charge on any atom is 0.300 e. The second-order valence-corrected chi connectivity index (χ2v) is 9.03. The minimum Gasteiger partial charge on any atom is -0.507 e. The predicted octanol–water partition coefficient (Wildman–Crippen LogP) is 6.33. The number of aliphatic hydroxyl groups is 1. The lowest BCUT2D eigenvalue weighted by atomic mass is 9.94. The van der Waals surface area contributed by atoms with Gasteiger partial charge in [0, 0.05) is 16.9 Å². The zero-order chi connectivity index (χ0) is 23.9. The van der Waals surface area contributed by atoms with E-state index in [1.54, 1.807) is 48.5 Å². The maximum atomic E-state index is 13.3. The van der Waals surface area contributed by atoms with Crippen molar-refractivity contribution in [2.24, 2.45) is 0 Å². The van der Waals surface area contributed by atoms with Crippen LogP contribution in [0.1, 0.15) is 42.5 Å². The van der Waals surface area contributed by atoms with Gasteiger partial charge < -0.3 is 10.8 Å². The summed E-state index contributed by atoms with van der Waals surface area (Å²) in [6.45, 7) is 4.09. The number of rotatable bonds is 4. The Morgan fingerprint density at radius 1 is 0.970 bits per heavy atom. The van der Waals surface area contributed by atoms with Gasteiger partial charge >= 0.3 is 0 Å². The number of carbonyl (C=O) groups excluding carboxylic acids is 2. The number of hydrogen-bond acceptors (Lipinski definition) is 4.